The fourth-order valence-corrected chi connectivity index (χ4v) is 2.47. The Morgan fingerprint density at radius 2 is 1.95 bits per heavy atom. The highest BCUT2D eigenvalue weighted by Gasteiger charge is 2.14. The number of methoxy groups -OCH3 is 2. The zero-order chi connectivity index (χ0) is 13.5. The van der Waals surface area contributed by atoms with E-state index < -0.39 is 0 Å². The quantitative estimate of drug-likeness (QED) is 0.769. The van der Waals surface area contributed by atoms with Crippen molar-refractivity contribution in [2.75, 3.05) is 27.4 Å². The van der Waals surface area contributed by atoms with Crippen molar-refractivity contribution in [1.82, 2.24) is 5.32 Å². The summed E-state index contributed by atoms with van der Waals surface area (Å²) in [7, 11) is 3.29. The number of hydrogen-bond donors (Lipinski definition) is 1. The van der Waals surface area contributed by atoms with Crippen molar-refractivity contribution < 1.29 is 14.2 Å². The molecule has 106 valence electrons. The first-order valence-electron chi connectivity index (χ1n) is 6.92. The predicted molar refractivity (Wildman–Crippen MR) is 75.3 cm³/mol. The standard InChI is InChI=1S/C15H23NO3/c1-17-13-8-3-9-14(18-2)15(13)19-11-5-7-12-6-4-10-16-12/h3,8-9,12,16H,4-7,10-11H2,1-2H3. The second-order valence-corrected chi connectivity index (χ2v) is 4.78. The number of rotatable bonds is 7. The molecular formula is C15H23NO3. The molecule has 1 atom stereocenters. The van der Waals surface area contributed by atoms with E-state index in [0.717, 1.165) is 30.9 Å². The van der Waals surface area contributed by atoms with Gasteiger partial charge >= 0.3 is 0 Å². The van der Waals surface area contributed by atoms with Gasteiger partial charge in [0.25, 0.3) is 0 Å². The lowest BCUT2D eigenvalue weighted by molar-refractivity contribution is 0.264. The summed E-state index contributed by atoms with van der Waals surface area (Å²) >= 11 is 0. The zero-order valence-electron chi connectivity index (χ0n) is 11.8. The molecular weight excluding hydrogens is 242 g/mol. The lowest BCUT2D eigenvalue weighted by Crippen LogP contribution is -2.21. The molecule has 1 heterocycles. The summed E-state index contributed by atoms with van der Waals surface area (Å²) < 4.78 is 16.4. The van der Waals surface area contributed by atoms with Crippen molar-refractivity contribution in [2.24, 2.45) is 0 Å². The molecule has 1 aromatic rings. The molecule has 0 bridgehead atoms. The molecule has 0 aliphatic carbocycles. The van der Waals surface area contributed by atoms with E-state index in [2.05, 4.69) is 5.32 Å². The first-order chi connectivity index (χ1) is 9.35. The Morgan fingerprint density at radius 3 is 2.53 bits per heavy atom. The fraction of sp³-hybridized carbons (Fsp3) is 0.600. The van der Waals surface area contributed by atoms with Crippen LogP contribution < -0.4 is 19.5 Å². The van der Waals surface area contributed by atoms with Crippen LogP contribution in [0.4, 0.5) is 0 Å². The number of hydrogen-bond acceptors (Lipinski definition) is 4. The Bertz CT molecular complexity index is 367. The smallest absolute Gasteiger partial charge is 0.203 e. The maximum atomic E-state index is 5.83. The molecule has 0 saturated carbocycles. The van der Waals surface area contributed by atoms with Gasteiger partial charge in [-0.05, 0) is 44.4 Å². The minimum atomic E-state index is 0.670. The van der Waals surface area contributed by atoms with E-state index in [0.29, 0.717) is 18.4 Å². The zero-order valence-corrected chi connectivity index (χ0v) is 11.8. The van der Waals surface area contributed by atoms with Gasteiger partial charge in [-0.3, -0.25) is 0 Å². The topological polar surface area (TPSA) is 39.7 Å². The van der Waals surface area contributed by atoms with E-state index in [1.807, 2.05) is 18.2 Å². The van der Waals surface area contributed by atoms with Gasteiger partial charge in [0.15, 0.2) is 11.5 Å². The van der Waals surface area contributed by atoms with Crippen molar-refractivity contribution in [2.45, 2.75) is 31.7 Å². The molecule has 1 saturated heterocycles. The van der Waals surface area contributed by atoms with Crippen LogP contribution in [0.15, 0.2) is 18.2 Å². The first-order valence-corrected chi connectivity index (χ1v) is 6.92. The Labute approximate surface area is 115 Å². The van der Waals surface area contributed by atoms with Gasteiger partial charge in [-0.15, -0.1) is 0 Å². The van der Waals surface area contributed by atoms with Crippen molar-refractivity contribution in [3.05, 3.63) is 18.2 Å². The first kappa shape index (κ1) is 14.0. The highest BCUT2D eigenvalue weighted by atomic mass is 16.5. The molecule has 4 nitrogen and oxygen atoms in total. The summed E-state index contributed by atoms with van der Waals surface area (Å²) in [6.07, 6.45) is 4.79. The predicted octanol–water partition coefficient (Wildman–Crippen LogP) is 2.61. The van der Waals surface area contributed by atoms with E-state index in [4.69, 9.17) is 14.2 Å². The maximum absolute atomic E-state index is 5.83. The normalized spacial score (nSPS) is 18.3. The molecule has 4 heteroatoms. The SMILES string of the molecule is COc1cccc(OC)c1OCCCC1CCCN1. The van der Waals surface area contributed by atoms with E-state index in [1.54, 1.807) is 14.2 Å². The van der Waals surface area contributed by atoms with Gasteiger partial charge < -0.3 is 19.5 Å². The van der Waals surface area contributed by atoms with Crippen LogP contribution >= 0.6 is 0 Å². The van der Waals surface area contributed by atoms with Crippen molar-refractivity contribution >= 4 is 0 Å². The molecule has 0 radical (unpaired) electrons. The Kier molecular flexibility index (Phi) is 5.33. The van der Waals surface area contributed by atoms with Gasteiger partial charge in [0.05, 0.1) is 20.8 Å². The average molecular weight is 265 g/mol. The number of ether oxygens (including phenoxy) is 3. The summed E-state index contributed by atoms with van der Waals surface area (Å²) in [5, 5.41) is 3.50. The fourth-order valence-electron chi connectivity index (χ4n) is 2.47. The third-order valence-corrected chi connectivity index (χ3v) is 3.49. The van der Waals surface area contributed by atoms with Crippen LogP contribution in [-0.2, 0) is 0 Å². The van der Waals surface area contributed by atoms with E-state index >= 15 is 0 Å². The van der Waals surface area contributed by atoms with Gasteiger partial charge in [-0.25, -0.2) is 0 Å². The third-order valence-electron chi connectivity index (χ3n) is 3.49. The molecule has 19 heavy (non-hydrogen) atoms. The monoisotopic (exact) mass is 265 g/mol. The van der Waals surface area contributed by atoms with Crippen LogP contribution in [0.2, 0.25) is 0 Å². The van der Waals surface area contributed by atoms with Crippen molar-refractivity contribution in [3.8, 4) is 17.2 Å². The van der Waals surface area contributed by atoms with Crippen LogP contribution in [-0.4, -0.2) is 33.4 Å². The van der Waals surface area contributed by atoms with Crippen LogP contribution in [0.25, 0.3) is 0 Å². The Hall–Kier alpha value is -1.42. The summed E-state index contributed by atoms with van der Waals surface area (Å²) in [5.74, 6) is 2.14. The van der Waals surface area contributed by atoms with Crippen molar-refractivity contribution in [1.29, 1.82) is 0 Å². The molecule has 1 aliphatic rings. The van der Waals surface area contributed by atoms with Crippen LogP contribution in [0.3, 0.4) is 0 Å². The number of nitrogens with one attached hydrogen (secondary N) is 1. The molecule has 0 aromatic heterocycles. The van der Waals surface area contributed by atoms with Gasteiger partial charge in [-0.2, -0.15) is 0 Å². The van der Waals surface area contributed by atoms with Crippen LogP contribution in [0, 0.1) is 0 Å². The molecule has 1 aromatic carbocycles. The summed E-state index contributed by atoms with van der Waals surface area (Å²) in [6.45, 7) is 1.85. The largest absolute Gasteiger partial charge is 0.493 e. The van der Waals surface area contributed by atoms with E-state index in [-0.39, 0.29) is 0 Å². The molecule has 1 aliphatic heterocycles. The highest BCUT2D eigenvalue weighted by Crippen LogP contribution is 2.36. The minimum Gasteiger partial charge on any atom is -0.493 e. The Morgan fingerprint density at radius 1 is 1.21 bits per heavy atom. The number of para-hydroxylation sites is 1. The molecule has 1 N–H and O–H groups in total. The van der Waals surface area contributed by atoms with Crippen molar-refractivity contribution in [3.63, 3.8) is 0 Å². The second kappa shape index (κ2) is 7.24. The number of benzene rings is 1. The van der Waals surface area contributed by atoms with Gasteiger partial charge in [-0.1, -0.05) is 6.07 Å². The lowest BCUT2D eigenvalue weighted by Gasteiger charge is -2.15. The van der Waals surface area contributed by atoms with Crippen LogP contribution in [0.5, 0.6) is 17.2 Å². The molecule has 2 rings (SSSR count). The average Bonchev–Trinajstić information content (AvgIpc) is 2.96. The highest BCUT2D eigenvalue weighted by molar-refractivity contribution is 5.51. The molecule has 1 fully saturated rings. The summed E-state index contributed by atoms with van der Waals surface area (Å²) in [6, 6.07) is 6.34. The van der Waals surface area contributed by atoms with Gasteiger partial charge in [0.2, 0.25) is 5.75 Å². The molecule has 0 spiro atoms. The van der Waals surface area contributed by atoms with Gasteiger partial charge in [0.1, 0.15) is 0 Å². The van der Waals surface area contributed by atoms with Crippen LogP contribution in [0.1, 0.15) is 25.7 Å². The Balaban J connectivity index is 1.83. The summed E-state index contributed by atoms with van der Waals surface area (Å²) in [4.78, 5) is 0. The second-order valence-electron chi connectivity index (χ2n) is 4.78. The molecule has 1 unspecified atom stereocenters. The maximum Gasteiger partial charge on any atom is 0.203 e. The summed E-state index contributed by atoms with van der Waals surface area (Å²) in [5.41, 5.74) is 0. The van der Waals surface area contributed by atoms with E-state index in [9.17, 15) is 0 Å². The molecule has 0 amide bonds. The van der Waals surface area contributed by atoms with E-state index in [1.165, 1.54) is 12.8 Å². The minimum absolute atomic E-state index is 0.670. The lowest BCUT2D eigenvalue weighted by atomic mass is 10.1. The van der Waals surface area contributed by atoms with Gasteiger partial charge in [0, 0.05) is 6.04 Å². The third kappa shape index (κ3) is 3.77.